The molecule has 0 unspecified atom stereocenters. The molecule has 0 aliphatic carbocycles. The Kier molecular flexibility index (Phi) is 2.52. The first-order chi connectivity index (χ1) is 6.75. The minimum absolute atomic E-state index is 0.441. The predicted octanol–water partition coefficient (Wildman–Crippen LogP) is 1.60. The summed E-state index contributed by atoms with van der Waals surface area (Å²) in [5, 5.41) is 0. The van der Waals surface area contributed by atoms with E-state index in [1.807, 2.05) is 4.90 Å². The van der Waals surface area contributed by atoms with Crippen LogP contribution in [0.25, 0.3) is 0 Å². The van der Waals surface area contributed by atoms with Crippen molar-refractivity contribution in [3.8, 4) is 0 Å². The maximum atomic E-state index is 13.1. The standard InChI is InChI=1S/C10H14FN3/c11-8-2-1-5-14(7-8)10-6-9(12)3-4-13-10/h3-4,6,8H,1-2,5,7H2,(H2,12,13)/t8-/m1/s1. The molecule has 0 amide bonds. The average molecular weight is 195 g/mol. The first kappa shape index (κ1) is 9.24. The molecule has 1 atom stereocenters. The minimum Gasteiger partial charge on any atom is -0.399 e. The zero-order chi connectivity index (χ0) is 9.97. The van der Waals surface area contributed by atoms with Gasteiger partial charge in [0.2, 0.25) is 0 Å². The molecule has 14 heavy (non-hydrogen) atoms. The van der Waals surface area contributed by atoms with E-state index in [9.17, 15) is 4.39 Å². The normalized spacial score (nSPS) is 22.4. The molecule has 1 aromatic heterocycles. The van der Waals surface area contributed by atoms with Gasteiger partial charge in [-0.1, -0.05) is 0 Å². The third kappa shape index (κ3) is 1.95. The number of alkyl halides is 1. The van der Waals surface area contributed by atoms with E-state index in [0.29, 0.717) is 18.7 Å². The summed E-state index contributed by atoms with van der Waals surface area (Å²) in [4.78, 5) is 6.13. The Hall–Kier alpha value is -1.32. The molecule has 4 heteroatoms. The van der Waals surface area contributed by atoms with Crippen molar-refractivity contribution >= 4 is 11.5 Å². The van der Waals surface area contributed by atoms with Crippen LogP contribution in [0.2, 0.25) is 0 Å². The Bertz CT molecular complexity index is 316. The highest BCUT2D eigenvalue weighted by Gasteiger charge is 2.19. The molecule has 1 aliphatic rings. The number of aromatic nitrogens is 1. The van der Waals surface area contributed by atoms with Crippen LogP contribution in [0.1, 0.15) is 12.8 Å². The molecule has 1 aliphatic heterocycles. The quantitative estimate of drug-likeness (QED) is 0.740. The monoisotopic (exact) mass is 195 g/mol. The van der Waals surface area contributed by atoms with E-state index in [1.165, 1.54) is 0 Å². The van der Waals surface area contributed by atoms with Crippen molar-refractivity contribution in [2.75, 3.05) is 23.7 Å². The van der Waals surface area contributed by atoms with E-state index >= 15 is 0 Å². The molecule has 2 rings (SSSR count). The number of piperidine rings is 1. The van der Waals surface area contributed by atoms with Gasteiger partial charge in [0.1, 0.15) is 12.0 Å². The van der Waals surface area contributed by atoms with Crippen LogP contribution in [0.5, 0.6) is 0 Å². The summed E-state index contributed by atoms with van der Waals surface area (Å²) in [6.45, 7) is 1.31. The van der Waals surface area contributed by atoms with Crippen molar-refractivity contribution in [2.24, 2.45) is 0 Å². The smallest absolute Gasteiger partial charge is 0.130 e. The van der Waals surface area contributed by atoms with E-state index in [0.717, 1.165) is 18.8 Å². The van der Waals surface area contributed by atoms with Gasteiger partial charge >= 0.3 is 0 Å². The van der Waals surface area contributed by atoms with Crippen molar-refractivity contribution in [3.05, 3.63) is 18.3 Å². The zero-order valence-corrected chi connectivity index (χ0v) is 7.99. The number of anilines is 2. The molecular formula is C10H14FN3. The first-order valence-corrected chi connectivity index (χ1v) is 4.86. The van der Waals surface area contributed by atoms with Crippen molar-refractivity contribution < 1.29 is 4.39 Å². The second kappa shape index (κ2) is 3.82. The number of nitrogen functional groups attached to an aromatic ring is 1. The molecule has 0 aromatic carbocycles. The van der Waals surface area contributed by atoms with Gasteiger partial charge in [-0.2, -0.15) is 0 Å². The summed E-state index contributed by atoms with van der Waals surface area (Å²) >= 11 is 0. The Balaban J connectivity index is 2.14. The fourth-order valence-corrected chi connectivity index (χ4v) is 1.74. The molecule has 76 valence electrons. The van der Waals surface area contributed by atoms with Crippen LogP contribution >= 0.6 is 0 Å². The third-order valence-electron chi connectivity index (χ3n) is 2.46. The maximum Gasteiger partial charge on any atom is 0.130 e. The van der Waals surface area contributed by atoms with Gasteiger partial charge in [-0.25, -0.2) is 9.37 Å². The number of nitrogens with zero attached hydrogens (tertiary/aromatic N) is 2. The van der Waals surface area contributed by atoms with Crippen molar-refractivity contribution in [1.29, 1.82) is 0 Å². The number of halogens is 1. The van der Waals surface area contributed by atoms with Crippen molar-refractivity contribution in [2.45, 2.75) is 19.0 Å². The summed E-state index contributed by atoms with van der Waals surface area (Å²) in [5.74, 6) is 0.785. The summed E-state index contributed by atoms with van der Waals surface area (Å²) < 4.78 is 13.1. The second-order valence-electron chi connectivity index (χ2n) is 3.63. The van der Waals surface area contributed by atoms with E-state index in [-0.39, 0.29) is 0 Å². The topological polar surface area (TPSA) is 42.1 Å². The van der Waals surface area contributed by atoms with Crippen LogP contribution < -0.4 is 10.6 Å². The molecule has 1 saturated heterocycles. The van der Waals surface area contributed by atoms with Crippen LogP contribution in [0.15, 0.2) is 18.3 Å². The average Bonchev–Trinajstić information content (AvgIpc) is 2.18. The molecule has 1 aromatic rings. The van der Waals surface area contributed by atoms with Crippen LogP contribution in [-0.4, -0.2) is 24.2 Å². The summed E-state index contributed by atoms with van der Waals surface area (Å²) in [6, 6.07) is 3.53. The highest BCUT2D eigenvalue weighted by molar-refractivity contribution is 5.50. The minimum atomic E-state index is -0.730. The lowest BCUT2D eigenvalue weighted by Gasteiger charge is -2.29. The molecule has 0 bridgehead atoms. The van der Waals surface area contributed by atoms with Gasteiger partial charge in [-0.15, -0.1) is 0 Å². The lowest BCUT2D eigenvalue weighted by atomic mass is 10.1. The van der Waals surface area contributed by atoms with Crippen LogP contribution in [0.3, 0.4) is 0 Å². The predicted molar refractivity (Wildman–Crippen MR) is 55.0 cm³/mol. The van der Waals surface area contributed by atoms with Gasteiger partial charge in [0.25, 0.3) is 0 Å². The number of hydrogen-bond acceptors (Lipinski definition) is 3. The molecular weight excluding hydrogens is 181 g/mol. The molecule has 0 saturated carbocycles. The number of hydrogen-bond donors (Lipinski definition) is 1. The van der Waals surface area contributed by atoms with Crippen LogP contribution in [0.4, 0.5) is 15.9 Å². The number of pyridine rings is 1. The highest BCUT2D eigenvalue weighted by Crippen LogP contribution is 2.20. The van der Waals surface area contributed by atoms with Gasteiger partial charge in [0.05, 0.1) is 6.54 Å². The Morgan fingerprint density at radius 3 is 3.14 bits per heavy atom. The molecule has 1 fully saturated rings. The molecule has 0 spiro atoms. The Morgan fingerprint density at radius 2 is 2.43 bits per heavy atom. The van der Waals surface area contributed by atoms with Crippen LogP contribution in [-0.2, 0) is 0 Å². The van der Waals surface area contributed by atoms with E-state index < -0.39 is 6.17 Å². The van der Waals surface area contributed by atoms with Gasteiger partial charge < -0.3 is 10.6 Å². The third-order valence-corrected chi connectivity index (χ3v) is 2.46. The fourth-order valence-electron chi connectivity index (χ4n) is 1.74. The van der Waals surface area contributed by atoms with E-state index in [4.69, 9.17) is 5.73 Å². The van der Waals surface area contributed by atoms with E-state index in [2.05, 4.69) is 4.98 Å². The van der Waals surface area contributed by atoms with E-state index in [1.54, 1.807) is 18.3 Å². The Labute approximate surface area is 82.7 Å². The maximum absolute atomic E-state index is 13.1. The molecule has 2 heterocycles. The second-order valence-corrected chi connectivity index (χ2v) is 3.63. The zero-order valence-electron chi connectivity index (χ0n) is 7.99. The van der Waals surface area contributed by atoms with Crippen LogP contribution in [0, 0.1) is 0 Å². The van der Waals surface area contributed by atoms with Gasteiger partial charge in [-0.3, -0.25) is 0 Å². The summed E-state index contributed by atoms with van der Waals surface area (Å²) in [7, 11) is 0. The SMILES string of the molecule is Nc1ccnc(N2CCC[C@@H](F)C2)c1. The molecule has 2 N–H and O–H groups in total. The first-order valence-electron chi connectivity index (χ1n) is 4.86. The summed E-state index contributed by atoms with van der Waals surface area (Å²) in [6.07, 6.45) is 2.48. The summed E-state index contributed by atoms with van der Waals surface area (Å²) in [5.41, 5.74) is 6.32. The fraction of sp³-hybridized carbons (Fsp3) is 0.500. The van der Waals surface area contributed by atoms with Crippen molar-refractivity contribution in [3.63, 3.8) is 0 Å². The van der Waals surface area contributed by atoms with Gasteiger partial charge in [0, 0.05) is 24.5 Å². The molecule has 3 nitrogen and oxygen atoms in total. The van der Waals surface area contributed by atoms with Gasteiger partial charge in [-0.05, 0) is 18.9 Å². The Morgan fingerprint density at radius 1 is 1.57 bits per heavy atom. The van der Waals surface area contributed by atoms with Gasteiger partial charge in [0.15, 0.2) is 0 Å². The lowest BCUT2D eigenvalue weighted by molar-refractivity contribution is 0.286. The lowest BCUT2D eigenvalue weighted by Crippen LogP contribution is -2.36. The van der Waals surface area contributed by atoms with Crippen molar-refractivity contribution in [1.82, 2.24) is 4.98 Å². The molecule has 0 radical (unpaired) electrons. The number of rotatable bonds is 1. The number of nitrogens with two attached hydrogens (primary N) is 1. The highest BCUT2D eigenvalue weighted by atomic mass is 19.1. The largest absolute Gasteiger partial charge is 0.399 e.